The van der Waals surface area contributed by atoms with Crippen LogP contribution >= 0.6 is 11.3 Å². The summed E-state index contributed by atoms with van der Waals surface area (Å²) in [6, 6.07) is 15.7. The number of hydrogen-bond donors (Lipinski definition) is 0. The number of hydrogen-bond acceptors (Lipinski definition) is 6. The molecule has 3 aromatic heterocycles. The maximum atomic E-state index is 5.91. The topological polar surface area (TPSA) is 65.5 Å². The second-order valence-corrected chi connectivity index (χ2v) is 7.17. The van der Waals surface area contributed by atoms with Crippen LogP contribution in [0.5, 0.6) is 5.75 Å². The third kappa shape index (κ3) is 3.06. The molecule has 0 fully saturated rings. The van der Waals surface area contributed by atoms with Crippen LogP contribution in [0.1, 0.15) is 17.5 Å². The lowest BCUT2D eigenvalue weighted by molar-refractivity contribution is 0.306. The molecule has 0 radical (unpaired) electrons. The Hall–Kier alpha value is -3.19. The van der Waals surface area contributed by atoms with Gasteiger partial charge in [0.05, 0.1) is 6.20 Å². The van der Waals surface area contributed by atoms with Gasteiger partial charge in [-0.25, -0.2) is 14.5 Å². The van der Waals surface area contributed by atoms with Crippen molar-refractivity contribution in [2.24, 2.45) is 0 Å². The first kappa shape index (κ1) is 16.0. The number of oxazole rings is 1. The van der Waals surface area contributed by atoms with E-state index in [9.17, 15) is 0 Å². The first-order chi connectivity index (χ1) is 13.3. The Morgan fingerprint density at radius 1 is 1.11 bits per heavy atom. The quantitative estimate of drug-likeness (QED) is 0.443. The maximum absolute atomic E-state index is 5.91. The van der Waals surface area contributed by atoms with Crippen LogP contribution < -0.4 is 4.74 Å². The van der Waals surface area contributed by atoms with Gasteiger partial charge in [0.2, 0.25) is 10.9 Å². The van der Waals surface area contributed by atoms with Crippen molar-refractivity contribution in [1.29, 1.82) is 0 Å². The highest BCUT2D eigenvalue weighted by molar-refractivity contribution is 7.16. The van der Waals surface area contributed by atoms with E-state index in [1.165, 1.54) is 0 Å². The average molecular weight is 376 g/mol. The Morgan fingerprint density at radius 2 is 2.00 bits per heavy atom. The molecule has 134 valence electrons. The van der Waals surface area contributed by atoms with Gasteiger partial charge in [-0.1, -0.05) is 48.6 Å². The van der Waals surface area contributed by atoms with Gasteiger partial charge in [-0.15, -0.1) is 0 Å². The Kier molecular flexibility index (Phi) is 3.86. The van der Waals surface area contributed by atoms with Crippen LogP contribution in [0.4, 0.5) is 0 Å². The van der Waals surface area contributed by atoms with E-state index in [4.69, 9.17) is 9.15 Å². The number of aryl methyl sites for hydroxylation is 1. The smallest absolute Gasteiger partial charge is 0.247 e. The maximum Gasteiger partial charge on any atom is 0.247 e. The van der Waals surface area contributed by atoms with Crippen molar-refractivity contribution in [1.82, 2.24) is 19.6 Å². The summed E-state index contributed by atoms with van der Waals surface area (Å²) in [4.78, 5) is 9.96. The van der Waals surface area contributed by atoms with Crippen LogP contribution in [0.25, 0.3) is 27.6 Å². The van der Waals surface area contributed by atoms with Gasteiger partial charge >= 0.3 is 0 Å². The fourth-order valence-corrected chi connectivity index (χ4v) is 3.65. The van der Waals surface area contributed by atoms with Crippen molar-refractivity contribution in [2.75, 3.05) is 0 Å². The van der Waals surface area contributed by atoms with Crippen LogP contribution in [0, 0.1) is 0 Å². The van der Waals surface area contributed by atoms with E-state index in [0.29, 0.717) is 23.8 Å². The fourth-order valence-electron chi connectivity index (χ4n) is 2.83. The standard InChI is InChI=1S/C20H16N4O2S/c1-2-18-23-24-11-16(22-20(24)27-18)19-21-15-9-8-14(10-17(15)26-19)25-12-13-6-4-3-5-7-13/h3-11H,2,12H2,1H3. The van der Waals surface area contributed by atoms with Gasteiger partial charge in [0.15, 0.2) is 5.58 Å². The molecule has 7 heteroatoms. The monoisotopic (exact) mass is 376 g/mol. The summed E-state index contributed by atoms with van der Waals surface area (Å²) >= 11 is 1.58. The SMILES string of the molecule is CCc1nn2cc(-c3nc4ccc(OCc5ccccc5)cc4o3)nc2s1. The Bertz CT molecular complexity index is 1190. The first-order valence-corrected chi connectivity index (χ1v) is 9.53. The van der Waals surface area contributed by atoms with E-state index >= 15 is 0 Å². The number of ether oxygens (including phenoxy) is 1. The molecular weight excluding hydrogens is 360 g/mol. The predicted molar refractivity (Wildman–Crippen MR) is 104 cm³/mol. The van der Waals surface area contributed by atoms with E-state index in [2.05, 4.69) is 22.0 Å². The van der Waals surface area contributed by atoms with Crippen LogP contribution in [0.15, 0.2) is 59.1 Å². The molecule has 0 amide bonds. The zero-order valence-corrected chi connectivity index (χ0v) is 15.4. The summed E-state index contributed by atoms with van der Waals surface area (Å²) in [7, 11) is 0. The number of benzene rings is 2. The van der Waals surface area contributed by atoms with E-state index in [1.807, 2.05) is 54.7 Å². The van der Waals surface area contributed by atoms with Crippen molar-refractivity contribution in [3.63, 3.8) is 0 Å². The predicted octanol–water partition coefficient (Wildman–Crippen LogP) is 4.74. The van der Waals surface area contributed by atoms with E-state index in [-0.39, 0.29) is 0 Å². The van der Waals surface area contributed by atoms with E-state index in [0.717, 1.165) is 33.2 Å². The number of nitrogens with zero attached hydrogens (tertiary/aromatic N) is 4. The third-order valence-electron chi connectivity index (χ3n) is 4.21. The summed E-state index contributed by atoms with van der Waals surface area (Å²) < 4.78 is 13.6. The van der Waals surface area contributed by atoms with Gasteiger partial charge in [-0.05, 0) is 24.1 Å². The fraction of sp³-hybridized carbons (Fsp3) is 0.150. The number of imidazole rings is 1. The largest absolute Gasteiger partial charge is 0.489 e. The summed E-state index contributed by atoms with van der Waals surface area (Å²) in [5.41, 5.74) is 3.25. The summed E-state index contributed by atoms with van der Waals surface area (Å²) in [6.45, 7) is 2.59. The second kappa shape index (κ2) is 6.51. The molecule has 0 bridgehead atoms. The number of aromatic nitrogens is 4. The molecule has 0 saturated heterocycles. The van der Waals surface area contributed by atoms with Crippen molar-refractivity contribution < 1.29 is 9.15 Å². The minimum Gasteiger partial charge on any atom is -0.489 e. The zero-order valence-electron chi connectivity index (χ0n) is 14.6. The molecule has 0 saturated carbocycles. The summed E-state index contributed by atoms with van der Waals surface area (Å²) in [5, 5.41) is 5.54. The lowest BCUT2D eigenvalue weighted by atomic mass is 10.2. The molecular formula is C20H16N4O2S. The molecule has 0 N–H and O–H groups in total. The molecule has 0 spiro atoms. The average Bonchev–Trinajstić information content (AvgIpc) is 3.38. The van der Waals surface area contributed by atoms with Gasteiger partial charge in [0, 0.05) is 6.07 Å². The molecule has 27 heavy (non-hydrogen) atoms. The molecule has 0 aliphatic rings. The van der Waals surface area contributed by atoms with Crippen LogP contribution in [-0.2, 0) is 13.0 Å². The molecule has 6 nitrogen and oxygen atoms in total. The Labute approximate surface area is 159 Å². The molecule has 0 atom stereocenters. The van der Waals surface area contributed by atoms with E-state index < -0.39 is 0 Å². The summed E-state index contributed by atoms with van der Waals surface area (Å²) in [6.07, 6.45) is 2.75. The zero-order chi connectivity index (χ0) is 18.2. The second-order valence-electron chi connectivity index (χ2n) is 6.13. The molecule has 2 aromatic carbocycles. The minimum atomic E-state index is 0.487. The van der Waals surface area contributed by atoms with Gasteiger partial charge in [0.25, 0.3) is 0 Å². The van der Waals surface area contributed by atoms with Gasteiger partial charge in [-0.3, -0.25) is 0 Å². The molecule has 0 aliphatic carbocycles. The van der Waals surface area contributed by atoms with Gasteiger partial charge < -0.3 is 9.15 Å². The normalized spacial score (nSPS) is 11.4. The molecule has 5 rings (SSSR count). The Morgan fingerprint density at radius 3 is 2.81 bits per heavy atom. The van der Waals surface area contributed by atoms with Crippen molar-refractivity contribution >= 4 is 27.4 Å². The van der Waals surface area contributed by atoms with Crippen molar-refractivity contribution in [3.8, 4) is 17.3 Å². The highest BCUT2D eigenvalue weighted by atomic mass is 32.1. The highest BCUT2D eigenvalue weighted by Crippen LogP contribution is 2.28. The number of rotatable bonds is 5. The highest BCUT2D eigenvalue weighted by Gasteiger charge is 2.15. The van der Waals surface area contributed by atoms with Crippen LogP contribution in [-0.4, -0.2) is 19.6 Å². The number of fused-ring (bicyclic) bond motifs is 2. The van der Waals surface area contributed by atoms with Crippen LogP contribution in [0.3, 0.4) is 0 Å². The van der Waals surface area contributed by atoms with Crippen molar-refractivity contribution in [2.45, 2.75) is 20.0 Å². The molecule has 0 aliphatic heterocycles. The van der Waals surface area contributed by atoms with E-state index in [1.54, 1.807) is 15.9 Å². The van der Waals surface area contributed by atoms with Crippen molar-refractivity contribution in [3.05, 3.63) is 65.3 Å². The first-order valence-electron chi connectivity index (χ1n) is 8.71. The Balaban J connectivity index is 1.41. The lowest BCUT2D eigenvalue weighted by Crippen LogP contribution is -1.94. The van der Waals surface area contributed by atoms with Gasteiger partial charge in [-0.2, -0.15) is 5.10 Å². The van der Waals surface area contributed by atoms with Crippen LogP contribution in [0.2, 0.25) is 0 Å². The summed E-state index contributed by atoms with van der Waals surface area (Å²) in [5.74, 6) is 1.23. The van der Waals surface area contributed by atoms with Gasteiger partial charge in [0.1, 0.15) is 28.6 Å². The molecule has 0 unspecified atom stereocenters. The minimum absolute atomic E-state index is 0.487. The molecule has 3 heterocycles. The molecule has 5 aromatic rings. The third-order valence-corrected chi connectivity index (χ3v) is 5.28. The lowest BCUT2D eigenvalue weighted by Gasteiger charge is -2.05.